The fourth-order valence-corrected chi connectivity index (χ4v) is 4.77. The first-order chi connectivity index (χ1) is 14.5. The van der Waals surface area contributed by atoms with Crippen LogP contribution in [0.15, 0.2) is 46.0 Å². The number of carbonyl (C=O) groups excluding carboxylic acids is 1. The Morgan fingerprint density at radius 2 is 1.80 bits per heavy atom. The zero-order valence-corrected chi connectivity index (χ0v) is 19.7. The largest absolute Gasteiger partial charge is 0.411 e. The predicted molar refractivity (Wildman–Crippen MR) is 124 cm³/mol. The van der Waals surface area contributed by atoms with Gasteiger partial charge in [0.25, 0.3) is 5.22 Å². The summed E-state index contributed by atoms with van der Waals surface area (Å²) in [6.07, 6.45) is 0. The van der Waals surface area contributed by atoms with E-state index in [1.807, 2.05) is 31.2 Å². The van der Waals surface area contributed by atoms with Crippen LogP contribution in [0.25, 0.3) is 11.5 Å². The standard InChI is InChI=1S/C21H25ClN4O2S2/c1-4-25(5-2)16-9-7-15(8-10-16)20-23-24-21(28-20)29-14-19(27)26(6-3)13-17-11-12-18(22)30-17/h7-12H,4-6,13-14H2,1-3H3. The maximum atomic E-state index is 12.6. The van der Waals surface area contributed by atoms with Gasteiger partial charge in [0.2, 0.25) is 11.8 Å². The molecule has 3 aromatic rings. The van der Waals surface area contributed by atoms with E-state index in [1.165, 1.54) is 23.1 Å². The summed E-state index contributed by atoms with van der Waals surface area (Å²) in [5, 5.41) is 8.59. The lowest BCUT2D eigenvalue weighted by molar-refractivity contribution is -0.128. The second-order valence-electron chi connectivity index (χ2n) is 6.49. The Labute approximate surface area is 190 Å². The molecule has 0 aliphatic heterocycles. The zero-order chi connectivity index (χ0) is 21.5. The summed E-state index contributed by atoms with van der Waals surface area (Å²) in [4.78, 5) is 17.7. The minimum Gasteiger partial charge on any atom is -0.411 e. The van der Waals surface area contributed by atoms with E-state index >= 15 is 0 Å². The average molecular weight is 465 g/mol. The van der Waals surface area contributed by atoms with Gasteiger partial charge in [-0.2, -0.15) is 0 Å². The summed E-state index contributed by atoms with van der Waals surface area (Å²) < 4.78 is 6.48. The van der Waals surface area contributed by atoms with Gasteiger partial charge >= 0.3 is 0 Å². The summed E-state index contributed by atoms with van der Waals surface area (Å²) in [7, 11) is 0. The highest BCUT2D eigenvalue weighted by Gasteiger charge is 2.16. The number of benzene rings is 1. The van der Waals surface area contributed by atoms with E-state index in [0.717, 1.165) is 33.6 Å². The Balaban J connectivity index is 1.57. The molecule has 9 heteroatoms. The highest BCUT2D eigenvalue weighted by Crippen LogP contribution is 2.26. The lowest BCUT2D eigenvalue weighted by atomic mass is 10.2. The van der Waals surface area contributed by atoms with Gasteiger partial charge < -0.3 is 14.2 Å². The molecule has 6 nitrogen and oxygen atoms in total. The molecule has 160 valence electrons. The Morgan fingerprint density at radius 1 is 1.07 bits per heavy atom. The minimum atomic E-state index is 0.0235. The number of anilines is 1. The summed E-state index contributed by atoms with van der Waals surface area (Å²) >= 11 is 8.73. The Hall–Kier alpha value is -2.03. The van der Waals surface area contributed by atoms with Crippen LogP contribution in [-0.2, 0) is 11.3 Å². The van der Waals surface area contributed by atoms with Crippen molar-refractivity contribution in [1.29, 1.82) is 0 Å². The highest BCUT2D eigenvalue weighted by molar-refractivity contribution is 7.99. The molecule has 0 spiro atoms. The van der Waals surface area contributed by atoms with Crippen molar-refractivity contribution < 1.29 is 9.21 Å². The summed E-state index contributed by atoms with van der Waals surface area (Å²) in [5.41, 5.74) is 2.02. The number of thioether (sulfide) groups is 1. The van der Waals surface area contributed by atoms with Crippen molar-refractivity contribution in [1.82, 2.24) is 15.1 Å². The van der Waals surface area contributed by atoms with Gasteiger partial charge in [-0.05, 0) is 57.2 Å². The van der Waals surface area contributed by atoms with Gasteiger partial charge in [-0.3, -0.25) is 4.79 Å². The van der Waals surface area contributed by atoms with Crippen LogP contribution in [0, 0.1) is 0 Å². The molecule has 0 saturated carbocycles. The van der Waals surface area contributed by atoms with E-state index in [1.54, 1.807) is 4.90 Å². The smallest absolute Gasteiger partial charge is 0.277 e. The van der Waals surface area contributed by atoms with Gasteiger partial charge in [-0.15, -0.1) is 21.5 Å². The topological polar surface area (TPSA) is 62.5 Å². The van der Waals surface area contributed by atoms with Crippen LogP contribution < -0.4 is 4.90 Å². The molecular formula is C21H25ClN4O2S2. The van der Waals surface area contributed by atoms with Gasteiger partial charge in [0.1, 0.15) is 0 Å². The van der Waals surface area contributed by atoms with Crippen LogP contribution in [-0.4, -0.2) is 46.4 Å². The molecule has 0 aliphatic carbocycles. The first-order valence-corrected chi connectivity index (χ1v) is 12.1. The number of halogens is 1. The van der Waals surface area contributed by atoms with Crippen LogP contribution in [0.3, 0.4) is 0 Å². The lowest BCUT2D eigenvalue weighted by Gasteiger charge is -2.20. The van der Waals surface area contributed by atoms with Gasteiger partial charge in [0.05, 0.1) is 16.6 Å². The number of aromatic nitrogens is 2. The Kier molecular flexibility index (Phi) is 8.18. The summed E-state index contributed by atoms with van der Waals surface area (Å²) in [6, 6.07) is 11.9. The number of hydrogen-bond acceptors (Lipinski definition) is 7. The van der Waals surface area contributed by atoms with E-state index in [-0.39, 0.29) is 11.7 Å². The molecule has 1 amide bonds. The van der Waals surface area contributed by atoms with Crippen molar-refractivity contribution in [2.75, 3.05) is 30.3 Å². The number of carbonyl (C=O) groups is 1. The molecule has 0 saturated heterocycles. The summed E-state index contributed by atoms with van der Waals surface area (Å²) in [5.74, 6) is 0.724. The van der Waals surface area contributed by atoms with E-state index < -0.39 is 0 Å². The van der Waals surface area contributed by atoms with Crippen LogP contribution in [0.4, 0.5) is 5.69 Å². The monoisotopic (exact) mass is 464 g/mol. The third-order valence-electron chi connectivity index (χ3n) is 4.68. The molecule has 30 heavy (non-hydrogen) atoms. The third kappa shape index (κ3) is 5.77. The van der Waals surface area contributed by atoms with Crippen LogP contribution in [0.2, 0.25) is 4.34 Å². The number of thiophene rings is 1. The number of nitrogens with zero attached hydrogens (tertiary/aromatic N) is 4. The normalized spacial score (nSPS) is 10.9. The quantitative estimate of drug-likeness (QED) is 0.372. The van der Waals surface area contributed by atoms with E-state index in [4.69, 9.17) is 16.0 Å². The van der Waals surface area contributed by atoms with Crippen molar-refractivity contribution in [3.63, 3.8) is 0 Å². The molecule has 3 rings (SSSR count). The van der Waals surface area contributed by atoms with E-state index in [0.29, 0.717) is 24.2 Å². The number of amides is 1. The van der Waals surface area contributed by atoms with Crippen molar-refractivity contribution in [2.45, 2.75) is 32.5 Å². The molecule has 0 N–H and O–H groups in total. The molecule has 0 bridgehead atoms. The lowest BCUT2D eigenvalue weighted by Crippen LogP contribution is -2.31. The molecule has 2 heterocycles. The Bertz CT molecular complexity index is 954. The van der Waals surface area contributed by atoms with Crippen molar-refractivity contribution in [2.24, 2.45) is 0 Å². The maximum absolute atomic E-state index is 12.6. The molecule has 2 aromatic heterocycles. The zero-order valence-electron chi connectivity index (χ0n) is 17.3. The molecule has 0 fully saturated rings. The maximum Gasteiger partial charge on any atom is 0.277 e. The molecule has 1 aromatic carbocycles. The second-order valence-corrected chi connectivity index (χ2v) is 9.22. The third-order valence-corrected chi connectivity index (χ3v) is 6.70. The molecule has 0 radical (unpaired) electrons. The van der Waals surface area contributed by atoms with Crippen molar-refractivity contribution in [3.05, 3.63) is 45.6 Å². The SMILES string of the molecule is CCN(Cc1ccc(Cl)s1)C(=O)CSc1nnc(-c2ccc(N(CC)CC)cc2)o1. The summed E-state index contributed by atoms with van der Waals surface area (Å²) in [6.45, 7) is 9.33. The highest BCUT2D eigenvalue weighted by atomic mass is 35.5. The number of rotatable bonds is 10. The van der Waals surface area contributed by atoms with Crippen LogP contribution >= 0.6 is 34.7 Å². The molecule has 0 unspecified atom stereocenters. The predicted octanol–water partition coefficient (Wildman–Crippen LogP) is 5.44. The molecular weight excluding hydrogens is 440 g/mol. The molecule has 0 aliphatic rings. The first-order valence-electron chi connectivity index (χ1n) is 9.87. The minimum absolute atomic E-state index is 0.0235. The van der Waals surface area contributed by atoms with E-state index in [2.05, 4.69) is 41.1 Å². The fraction of sp³-hybridized carbons (Fsp3) is 0.381. The van der Waals surface area contributed by atoms with Gasteiger partial charge in [-0.25, -0.2) is 0 Å². The fourth-order valence-electron chi connectivity index (χ4n) is 3.00. The second kappa shape index (κ2) is 10.8. The van der Waals surface area contributed by atoms with Crippen molar-refractivity contribution in [3.8, 4) is 11.5 Å². The Morgan fingerprint density at radius 3 is 2.40 bits per heavy atom. The molecule has 0 atom stereocenters. The van der Waals surface area contributed by atoms with Crippen LogP contribution in [0.1, 0.15) is 25.6 Å². The van der Waals surface area contributed by atoms with Gasteiger partial charge in [0.15, 0.2) is 0 Å². The van der Waals surface area contributed by atoms with Crippen LogP contribution in [0.5, 0.6) is 0 Å². The average Bonchev–Trinajstić information content (AvgIpc) is 3.40. The number of hydrogen-bond donors (Lipinski definition) is 0. The van der Waals surface area contributed by atoms with Gasteiger partial charge in [-0.1, -0.05) is 23.4 Å². The van der Waals surface area contributed by atoms with Gasteiger partial charge in [0, 0.05) is 35.8 Å². The van der Waals surface area contributed by atoms with Crippen molar-refractivity contribution >= 4 is 46.3 Å². The van der Waals surface area contributed by atoms with E-state index in [9.17, 15) is 4.79 Å². The first kappa shape index (κ1) is 22.7.